The first-order valence-electron chi connectivity index (χ1n) is 9.34. The van der Waals surface area contributed by atoms with E-state index in [2.05, 4.69) is 21.2 Å². The Morgan fingerprint density at radius 2 is 1.79 bits per heavy atom. The van der Waals surface area contributed by atoms with Crippen molar-refractivity contribution in [2.24, 2.45) is 0 Å². The highest BCUT2D eigenvalue weighted by atomic mass is 79.9. The van der Waals surface area contributed by atoms with E-state index in [9.17, 15) is 4.79 Å². The number of hydrogen-bond acceptors (Lipinski definition) is 3. The average Bonchev–Trinajstić information content (AvgIpc) is 2.74. The maximum atomic E-state index is 13.2. The molecule has 1 aromatic heterocycles. The van der Waals surface area contributed by atoms with Crippen LogP contribution >= 0.6 is 15.9 Å². The van der Waals surface area contributed by atoms with Crippen molar-refractivity contribution in [1.29, 1.82) is 0 Å². The minimum Gasteiger partial charge on any atom is -0.492 e. The fourth-order valence-electron chi connectivity index (χ4n) is 3.20. The number of pyridine rings is 1. The minimum absolute atomic E-state index is 0.202. The zero-order chi connectivity index (χ0) is 20.2. The van der Waals surface area contributed by atoms with Gasteiger partial charge in [0.05, 0.1) is 29.1 Å². The van der Waals surface area contributed by atoms with E-state index in [1.165, 1.54) is 0 Å². The van der Waals surface area contributed by atoms with Gasteiger partial charge in [-0.15, -0.1) is 0 Å². The molecule has 4 aromatic rings. The number of nitrogens with one attached hydrogen (secondary N) is 1. The largest absolute Gasteiger partial charge is 0.492 e. The molecule has 0 saturated heterocycles. The van der Waals surface area contributed by atoms with E-state index in [-0.39, 0.29) is 5.91 Å². The van der Waals surface area contributed by atoms with E-state index in [4.69, 9.17) is 9.72 Å². The molecule has 0 radical (unpaired) electrons. The van der Waals surface area contributed by atoms with Crippen LogP contribution in [0.1, 0.15) is 17.3 Å². The van der Waals surface area contributed by atoms with Crippen molar-refractivity contribution >= 4 is 38.4 Å². The van der Waals surface area contributed by atoms with Crippen LogP contribution in [0.4, 0.5) is 5.69 Å². The second-order valence-corrected chi connectivity index (χ2v) is 7.38. The van der Waals surface area contributed by atoms with Gasteiger partial charge >= 0.3 is 0 Å². The molecule has 0 bridgehead atoms. The molecule has 4 rings (SSSR count). The van der Waals surface area contributed by atoms with Crippen LogP contribution in [-0.4, -0.2) is 17.5 Å². The third-order valence-corrected chi connectivity index (χ3v) is 5.01. The molecule has 0 spiro atoms. The van der Waals surface area contributed by atoms with Crippen molar-refractivity contribution in [1.82, 2.24) is 4.98 Å². The third-order valence-electron chi connectivity index (χ3n) is 4.52. The molecular weight excluding hydrogens is 428 g/mol. The number of carbonyl (C=O) groups is 1. The normalized spacial score (nSPS) is 10.7. The number of benzene rings is 3. The molecule has 0 fully saturated rings. The number of para-hydroxylation sites is 3. The lowest BCUT2D eigenvalue weighted by Crippen LogP contribution is -2.14. The summed E-state index contributed by atoms with van der Waals surface area (Å²) in [6.45, 7) is 2.44. The predicted molar refractivity (Wildman–Crippen MR) is 120 cm³/mol. The first-order valence-corrected chi connectivity index (χ1v) is 10.1. The lowest BCUT2D eigenvalue weighted by Gasteiger charge is -2.13. The van der Waals surface area contributed by atoms with Crippen LogP contribution in [0.5, 0.6) is 5.75 Å². The van der Waals surface area contributed by atoms with E-state index in [0.29, 0.717) is 23.6 Å². The Morgan fingerprint density at radius 3 is 2.62 bits per heavy atom. The summed E-state index contributed by atoms with van der Waals surface area (Å²) in [7, 11) is 0. The van der Waals surface area contributed by atoms with E-state index < -0.39 is 0 Å². The maximum absolute atomic E-state index is 13.2. The molecule has 0 aliphatic carbocycles. The van der Waals surface area contributed by atoms with E-state index in [1.807, 2.05) is 85.8 Å². The van der Waals surface area contributed by atoms with E-state index in [0.717, 1.165) is 26.6 Å². The van der Waals surface area contributed by atoms with Gasteiger partial charge in [0.25, 0.3) is 5.91 Å². The summed E-state index contributed by atoms with van der Waals surface area (Å²) in [4.78, 5) is 18.0. The van der Waals surface area contributed by atoms with Crippen LogP contribution in [0.25, 0.3) is 22.2 Å². The molecule has 144 valence electrons. The molecular formula is C24H19BrN2O2. The highest BCUT2D eigenvalue weighted by Crippen LogP contribution is 2.29. The van der Waals surface area contributed by atoms with Crippen LogP contribution in [0.3, 0.4) is 0 Å². The molecule has 1 N–H and O–H groups in total. The number of rotatable bonds is 5. The number of carbonyl (C=O) groups excluding carboxylic acids is 1. The summed E-state index contributed by atoms with van der Waals surface area (Å²) in [5.74, 6) is 0.445. The predicted octanol–water partition coefficient (Wildman–Crippen LogP) is 6.32. The Balaban J connectivity index is 1.79. The van der Waals surface area contributed by atoms with Crippen molar-refractivity contribution in [3.8, 4) is 17.0 Å². The number of amides is 1. The van der Waals surface area contributed by atoms with Crippen molar-refractivity contribution in [2.75, 3.05) is 11.9 Å². The number of hydrogen-bond donors (Lipinski definition) is 1. The zero-order valence-electron chi connectivity index (χ0n) is 15.9. The van der Waals surface area contributed by atoms with Crippen molar-refractivity contribution in [2.45, 2.75) is 6.92 Å². The summed E-state index contributed by atoms with van der Waals surface area (Å²) >= 11 is 3.50. The summed E-state index contributed by atoms with van der Waals surface area (Å²) in [6, 6.07) is 24.8. The molecule has 0 aliphatic rings. The Bertz CT molecular complexity index is 1190. The Hall–Kier alpha value is -3.18. The van der Waals surface area contributed by atoms with Crippen LogP contribution in [0.2, 0.25) is 0 Å². The number of fused-ring (bicyclic) bond motifs is 1. The van der Waals surface area contributed by atoms with Gasteiger partial charge in [-0.1, -0.05) is 58.4 Å². The molecule has 1 amide bonds. The van der Waals surface area contributed by atoms with Crippen molar-refractivity contribution in [3.05, 3.63) is 88.9 Å². The van der Waals surface area contributed by atoms with Gasteiger partial charge in [-0.25, -0.2) is 4.98 Å². The fourth-order valence-corrected chi connectivity index (χ4v) is 3.60. The molecule has 3 aromatic carbocycles. The molecule has 0 saturated carbocycles. The third kappa shape index (κ3) is 4.15. The second-order valence-electron chi connectivity index (χ2n) is 6.47. The molecule has 0 aliphatic heterocycles. The van der Waals surface area contributed by atoms with Gasteiger partial charge in [0.1, 0.15) is 5.75 Å². The van der Waals surface area contributed by atoms with Gasteiger partial charge in [-0.05, 0) is 43.3 Å². The summed E-state index contributed by atoms with van der Waals surface area (Å²) in [5.41, 5.74) is 3.66. The number of anilines is 1. The SMILES string of the molecule is CCOc1ccccc1NC(=O)c1cc(-c2cccc(Br)c2)nc2ccccc12. The highest BCUT2D eigenvalue weighted by molar-refractivity contribution is 9.10. The number of aromatic nitrogens is 1. The van der Waals surface area contributed by atoms with Crippen LogP contribution in [-0.2, 0) is 0 Å². The number of ether oxygens (including phenoxy) is 1. The topological polar surface area (TPSA) is 51.2 Å². The maximum Gasteiger partial charge on any atom is 0.256 e. The lowest BCUT2D eigenvalue weighted by atomic mass is 10.0. The van der Waals surface area contributed by atoms with Gasteiger partial charge in [0, 0.05) is 15.4 Å². The Morgan fingerprint density at radius 1 is 1.00 bits per heavy atom. The van der Waals surface area contributed by atoms with Crippen molar-refractivity contribution < 1.29 is 9.53 Å². The highest BCUT2D eigenvalue weighted by Gasteiger charge is 2.16. The minimum atomic E-state index is -0.202. The van der Waals surface area contributed by atoms with Crippen LogP contribution in [0.15, 0.2) is 83.3 Å². The summed E-state index contributed by atoms with van der Waals surface area (Å²) in [5, 5.41) is 3.80. The number of nitrogens with zero attached hydrogens (tertiary/aromatic N) is 1. The molecule has 4 nitrogen and oxygen atoms in total. The standard InChI is InChI=1S/C24H19BrN2O2/c1-2-29-23-13-6-5-12-21(23)27-24(28)19-15-22(16-8-7-9-17(25)14-16)26-20-11-4-3-10-18(19)20/h3-15H,2H2,1H3,(H,27,28). The summed E-state index contributed by atoms with van der Waals surface area (Å²) in [6.07, 6.45) is 0. The Labute approximate surface area is 177 Å². The first-order chi connectivity index (χ1) is 14.2. The molecule has 0 atom stereocenters. The first kappa shape index (κ1) is 19.2. The van der Waals surface area contributed by atoms with Gasteiger partial charge in [-0.2, -0.15) is 0 Å². The smallest absolute Gasteiger partial charge is 0.256 e. The van der Waals surface area contributed by atoms with Gasteiger partial charge in [0.2, 0.25) is 0 Å². The Kier molecular flexibility index (Phi) is 5.58. The van der Waals surface area contributed by atoms with Gasteiger partial charge < -0.3 is 10.1 Å². The van der Waals surface area contributed by atoms with Crippen molar-refractivity contribution in [3.63, 3.8) is 0 Å². The monoisotopic (exact) mass is 446 g/mol. The molecule has 29 heavy (non-hydrogen) atoms. The zero-order valence-corrected chi connectivity index (χ0v) is 17.4. The lowest BCUT2D eigenvalue weighted by molar-refractivity contribution is 0.102. The van der Waals surface area contributed by atoms with Gasteiger partial charge in [-0.3, -0.25) is 4.79 Å². The summed E-state index contributed by atoms with van der Waals surface area (Å²) < 4.78 is 6.59. The van der Waals surface area contributed by atoms with E-state index in [1.54, 1.807) is 0 Å². The van der Waals surface area contributed by atoms with Crippen LogP contribution < -0.4 is 10.1 Å². The quantitative estimate of drug-likeness (QED) is 0.390. The molecule has 1 heterocycles. The van der Waals surface area contributed by atoms with Gasteiger partial charge in [0.15, 0.2) is 0 Å². The average molecular weight is 447 g/mol. The number of halogens is 1. The van der Waals surface area contributed by atoms with E-state index >= 15 is 0 Å². The van der Waals surface area contributed by atoms with Crippen LogP contribution in [0, 0.1) is 0 Å². The molecule has 0 unspecified atom stereocenters. The fraction of sp³-hybridized carbons (Fsp3) is 0.0833. The second kappa shape index (κ2) is 8.45. The molecule has 5 heteroatoms.